The predicted molar refractivity (Wildman–Crippen MR) is 193 cm³/mol. The molecule has 3 N–H and O–H groups in total. The van der Waals surface area contributed by atoms with Gasteiger partial charge in [-0.1, -0.05) is 136 Å². The third-order valence-electron chi connectivity index (χ3n) is 8.63. The number of nitrogens with zero attached hydrogens (tertiary/aromatic N) is 1. The van der Waals surface area contributed by atoms with E-state index in [0.29, 0.717) is 45.5 Å². The van der Waals surface area contributed by atoms with Crippen molar-refractivity contribution >= 4 is 24.0 Å². The lowest BCUT2D eigenvalue weighted by atomic mass is 10.1. The summed E-state index contributed by atoms with van der Waals surface area (Å²) in [6.07, 6.45) is 30.7. The molecule has 0 bridgehead atoms. The molecule has 0 aliphatic rings. The van der Waals surface area contributed by atoms with E-state index >= 15 is 0 Å². The van der Waals surface area contributed by atoms with E-state index in [9.17, 15) is 19.2 Å². The first kappa shape index (κ1) is 44.6. The number of hydrogen-bond acceptors (Lipinski definition) is 6. The van der Waals surface area contributed by atoms with Crippen LogP contribution in [0.1, 0.15) is 187 Å². The van der Waals surface area contributed by atoms with Crippen molar-refractivity contribution in [3.05, 3.63) is 0 Å². The van der Waals surface area contributed by atoms with Crippen molar-refractivity contribution in [1.82, 2.24) is 16.0 Å². The lowest BCUT2D eigenvalue weighted by molar-refractivity contribution is -0.146. The van der Waals surface area contributed by atoms with Gasteiger partial charge in [0, 0.05) is 19.5 Å². The van der Waals surface area contributed by atoms with Crippen LogP contribution in [-0.4, -0.2) is 56.3 Å². The number of carbonyl (C=O) groups excluding carboxylic acids is 4. The Bertz CT molecular complexity index is 788. The molecule has 0 radical (unpaired) electrons. The van der Waals surface area contributed by atoms with Crippen LogP contribution in [0.5, 0.6) is 0 Å². The van der Waals surface area contributed by atoms with Gasteiger partial charge < -0.3 is 20.7 Å². The maximum Gasteiger partial charge on any atom is 0.328 e. The van der Waals surface area contributed by atoms with Gasteiger partial charge in [0.1, 0.15) is 6.04 Å². The highest BCUT2D eigenvalue weighted by Gasteiger charge is 2.22. The summed E-state index contributed by atoms with van der Waals surface area (Å²) in [7, 11) is 0. The maximum atomic E-state index is 12.9. The number of nitrogens with one attached hydrogen (secondary N) is 3. The average Bonchev–Trinajstić information content (AvgIpc) is 3.06. The number of esters is 1. The van der Waals surface area contributed by atoms with E-state index in [0.717, 1.165) is 64.2 Å². The molecular formula is C38H72N4O5. The second-order valence-electron chi connectivity index (χ2n) is 13.1. The molecule has 0 rings (SSSR count). The monoisotopic (exact) mass is 665 g/mol. The number of amides is 3. The van der Waals surface area contributed by atoms with Crippen molar-refractivity contribution in [3.8, 4) is 0 Å². The molecule has 47 heavy (non-hydrogen) atoms. The molecule has 9 heteroatoms. The van der Waals surface area contributed by atoms with Crippen molar-refractivity contribution in [2.45, 2.75) is 193 Å². The van der Waals surface area contributed by atoms with Crippen LogP contribution in [0.25, 0.3) is 0 Å². The van der Waals surface area contributed by atoms with Crippen LogP contribution in [0.2, 0.25) is 0 Å². The highest BCUT2D eigenvalue weighted by molar-refractivity contribution is 5.83. The number of aliphatic imine (C=N–C) groups is 1. The minimum absolute atomic E-state index is 0.0920. The first-order valence-electron chi connectivity index (χ1n) is 19.6. The quantitative estimate of drug-likeness (QED) is 0.0269. The summed E-state index contributed by atoms with van der Waals surface area (Å²) in [5, 5.41) is 8.66. The summed E-state index contributed by atoms with van der Waals surface area (Å²) in [6, 6.07) is -1.08. The fourth-order valence-electron chi connectivity index (χ4n) is 5.62. The van der Waals surface area contributed by atoms with Crippen molar-refractivity contribution < 1.29 is 23.9 Å². The highest BCUT2D eigenvalue weighted by Crippen LogP contribution is 2.12. The lowest BCUT2D eigenvalue weighted by Crippen LogP contribution is -2.47. The fraction of sp³-hybridized carbons (Fsp3) is 0.895. The normalized spacial score (nSPS) is 11.4. The molecule has 0 aromatic carbocycles. The molecule has 0 saturated carbocycles. The number of unbranched alkanes of at least 4 members (excludes halogenated alkanes) is 21. The van der Waals surface area contributed by atoms with E-state index in [1.807, 2.05) is 0 Å². The molecular weight excluding hydrogens is 592 g/mol. The summed E-state index contributed by atoms with van der Waals surface area (Å²) in [5.41, 5.74) is 0. The molecule has 0 heterocycles. The van der Waals surface area contributed by atoms with E-state index in [2.05, 4.69) is 34.8 Å². The summed E-state index contributed by atoms with van der Waals surface area (Å²) in [4.78, 5) is 51.3. The zero-order valence-electron chi connectivity index (χ0n) is 30.5. The molecule has 274 valence electrons. The number of hydrogen-bond donors (Lipinski definition) is 3. The van der Waals surface area contributed by atoms with Gasteiger partial charge in [0.2, 0.25) is 12.0 Å². The van der Waals surface area contributed by atoms with Crippen LogP contribution >= 0.6 is 0 Å². The second-order valence-corrected chi connectivity index (χ2v) is 13.1. The molecule has 0 aliphatic heterocycles. The minimum atomic E-state index is -0.711. The molecule has 0 aliphatic carbocycles. The third kappa shape index (κ3) is 33.3. The Labute approximate surface area is 288 Å². The van der Waals surface area contributed by atoms with Gasteiger partial charge in [-0.2, -0.15) is 0 Å². The number of ether oxygens (including phenoxy) is 1. The zero-order valence-corrected chi connectivity index (χ0v) is 30.5. The van der Waals surface area contributed by atoms with Crippen LogP contribution < -0.4 is 16.0 Å². The van der Waals surface area contributed by atoms with Gasteiger partial charge in [-0.05, 0) is 44.9 Å². The zero-order chi connectivity index (χ0) is 34.5. The number of urea groups is 1. The molecule has 1 unspecified atom stereocenters. The summed E-state index contributed by atoms with van der Waals surface area (Å²) in [6.45, 7) is 6.42. The largest absolute Gasteiger partial charge is 0.464 e. The minimum Gasteiger partial charge on any atom is -0.464 e. The standard InChI is InChI=1S/C38H72N4O5/c1-3-5-7-9-11-13-15-17-21-27-33-47-37(45)35(42-38(46)41-32-25-20-19-24-30-39-34-43)28-23-26-31-40-36(44)29-22-18-16-14-12-10-8-6-4-2/h35H,3-33H2,1-2H3,(H,40,44)(H2,41,42,46). The van der Waals surface area contributed by atoms with E-state index in [1.54, 1.807) is 6.08 Å². The smallest absolute Gasteiger partial charge is 0.328 e. The van der Waals surface area contributed by atoms with Gasteiger partial charge in [-0.3, -0.25) is 4.79 Å². The molecule has 0 spiro atoms. The van der Waals surface area contributed by atoms with E-state index in [4.69, 9.17) is 4.74 Å². The SMILES string of the molecule is CCCCCCCCCCCCOC(=O)C(CCCCNC(=O)CCCCCCCCCCC)NC(=O)NCCCCCCN=C=O. The van der Waals surface area contributed by atoms with Crippen molar-refractivity contribution in [2.75, 3.05) is 26.2 Å². The summed E-state index contributed by atoms with van der Waals surface area (Å²) in [5.74, 6) is -0.296. The third-order valence-corrected chi connectivity index (χ3v) is 8.63. The van der Waals surface area contributed by atoms with Crippen molar-refractivity contribution in [1.29, 1.82) is 0 Å². The Kier molecular flexibility index (Phi) is 34.6. The lowest BCUT2D eigenvalue weighted by Gasteiger charge is -2.18. The fourth-order valence-corrected chi connectivity index (χ4v) is 5.62. The van der Waals surface area contributed by atoms with E-state index in [-0.39, 0.29) is 17.9 Å². The Morgan fingerprint density at radius 3 is 1.68 bits per heavy atom. The Balaban J connectivity index is 4.31. The molecule has 0 aromatic rings. The summed E-state index contributed by atoms with van der Waals surface area (Å²) < 4.78 is 5.57. The molecule has 0 saturated heterocycles. The van der Waals surface area contributed by atoms with Gasteiger partial charge in [-0.15, -0.1) is 0 Å². The first-order valence-corrected chi connectivity index (χ1v) is 19.6. The van der Waals surface area contributed by atoms with Gasteiger partial charge in [-0.25, -0.2) is 19.4 Å². The summed E-state index contributed by atoms with van der Waals surface area (Å²) >= 11 is 0. The van der Waals surface area contributed by atoms with Gasteiger partial charge >= 0.3 is 12.0 Å². The molecule has 0 aromatic heterocycles. The van der Waals surface area contributed by atoms with Gasteiger partial charge in [0.05, 0.1) is 13.2 Å². The predicted octanol–water partition coefficient (Wildman–Crippen LogP) is 9.22. The Hall–Kier alpha value is -2.41. The number of rotatable bonds is 35. The van der Waals surface area contributed by atoms with E-state index < -0.39 is 6.04 Å². The maximum absolute atomic E-state index is 12.9. The van der Waals surface area contributed by atoms with Crippen LogP contribution in [0, 0.1) is 0 Å². The second kappa shape index (κ2) is 36.4. The van der Waals surface area contributed by atoms with Gasteiger partial charge in [0.25, 0.3) is 0 Å². The average molecular weight is 665 g/mol. The molecule has 0 fully saturated rings. The van der Waals surface area contributed by atoms with Crippen molar-refractivity contribution in [2.24, 2.45) is 4.99 Å². The molecule has 1 atom stereocenters. The van der Waals surface area contributed by atoms with Crippen LogP contribution in [-0.2, 0) is 19.1 Å². The molecule has 9 nitrogen and oxygen atoms in total. The van der Waals surface area contributed by atoms with Crippen molar-refractivity contribution in [3.63, 3.8) is 0 Å². The van der Waals surface area contributed by atoms with E-state index in [1.165, 1.54) is 89.9 Å². The Morgan fingerprint density at radius 1 is 0.596 bits per heavy atom. The number of isocyanates is 1. The van der Waals surface area contributed by atoms with Crippen LogP contribution in [0.3, 0.4) is 0 Å². The Morgan fingerprint density at radius 2 is 1.09 bits per heavy atom. The van der Waals surface area contributed by atoms with Crippen LogP contribution in [0.15, 0.2) is 4.99 Å². The molecule has 3 amide bonds. The first-order chi connectivity index (χ1) is 23.0. The highest BCUT2D eigenvalue weighted by atomic mass is 16.5. The topological polar surface area (TPSA) is 126 Å². The van der Waals surface area contributed by atoms with Crippen LogP contribution in [0.4, 0.5) is 4.79 Å². The van der Waals surface area contributed by atoms with Gasteiger partial charge in [0.15, 0.2) is 0 Å². The number of carbonyl (C=O) groups is 3.